The van der Waals surface area contributed by atoms with Crippen molar-refractivity contribution >= 4 is 64.3 Å². The van der Waals surface area contributed by atoms with Crippen LogP contribution in [-0.2, 0) is 84.2 Å². The first-order chi connectivity index (χ1) is 37.0. The molecule has 24 nitrogen and oxygen atoms in total. The van der Waals surface area contributed by atoms with E-state index in [1.807, 2.05) is 0 Å². The van der Waals surface area contributed by atoms with Gasteiger partial charge in [0.25, 0.3) is 17.4 Å². The van der Waals surface area contributed by atoms with Gasteiger partial charge in [-0.1, -0.05) is 37.3 Å². The second-order valence-electron chi connectivity index (χ2n) is 18.6. The van der Waals surface area contributed by atoms with Crippen LogP contribution >= 0.6 is 0 Å². The van der Waals surface area contributed by atoms with Gasteiger partial charge in [-0.25, -0.2) is 19.0 Å². The van der Waals surface area contributed by atoms with Gasteiger partial charge in [-0.05, 0) is 54.5 Å². The molecular formula is C52H57FN10O14. The molecule has 0 bridgehead atoms. The molecule has 0 radical (unpaired) electrons. The maximum atomic E-state index is 15.3. The number of cyclic esters (lactones) is 1. The van der Waals surface area contributed by atoms with Crippen LogP contribution < -0.4 is 42.8 Å². The Bertz CT molecular complexity index is 3130. The number of nitrogens with zero attached hydrogens (tertiary/aromatic N) is 3. The molecular weight excluding hydrogens is 1010 g/mol. The van der Waals surface area contributed by atoms with Crippen molar-refractivity contribution in [3.8, 4) is 11.4 Å². The lowest BCUT2D eigenvalue weighted by atomic mass is 9.81. The summed E-state index contributed by atoms with van der Waals surface area (Å²) in [4.78, 5) is 132. The number of imide groups is 1. The number of aliphatic hydroxyl groups is 1. The Balaban J connectivity index is 0.770. The number of rotatable bonds is 23. The Morgan fingerprint density at radius 2 is 1.57 bits per heavy atom. The fourth-order valence-corrected chi connectivity index (χ4v) is 9.59. The number of aromatic nitrogens is 2. The van der Waals surface area contributed by atoms with Crippen LogP contribution in [0.3, 0.4) is 0 Å². The summed E-state index contributed by atoms with van der Waals surface area (Å²) in [5.41, 5.74) is 2.03. The Morgan fingerprint density at radius 1 is 0.857 bits per heavy atom. The van der Waals surface area contributed by atoms with Crippen molar-refractivity contribution in [2.45, 2.75) is 76.8 Å². The predicted octanol–water partition coefficient (Wildman–Crippen LogP) is -0.688. The summed E-state index contributed by atoms with van der Waals surface area (Å²) in [7, 11) is 0. The minimum Gasteiger partial charge on any atom is -0.458 e. The van der Waals surface area contributed by atoms with E-state index in [1.165, 1.54) is 10.6 Å². The lowest BCUT2D eigenvalue weighted by molar-refractivity contribution is -0.172. The number of benzene rings is 2. The third-order valence-corrected chi connectivity index (χ3v) is 13.7. The molecule has 3 atom stereocenters. The van der Waals surface area contributed by atoms with E-state index in [0.717, 1.165) is 22.6 Å². The first kappa shape index (κ1) is 54.8. The summed E-state index contributed by atoms with van der Waals surface area (Å²) in [6, 6.07) is 9.35. The number of pyridine rings is 2. The second kappa shape index (κ2) is 24.1. The van der Waals surface area contributed by atoms with Crippen molar-refractivity contribution in [2.24, 2.45) is 0 Å². The second-order valence-corrected chi connectivity index (χ2v) is 18.6. The minimum absolute atomic E-state index is 0.0174. The van der Waals surface area contributed by atoms with Crippen molar-refractivity contribution < 1.29 is 66.9 Å². The highest BCUT2D eigenvalue weighted by atomic mass is 19.1. The van der Waals surface area contributed by atoms with E-state index >= 15 is 4.39 Å². The summed E-state index contributed by atoms with van der Waals surface area (Å²) < 4.78 is 32.8. The molecule has 3 aliphatic heterocycles. The SMILES string of the molecule is CC[C@@]1(O)C(=O)OCc2c1cc1n(c2=O)Cc2c-1nc1cc(F)c(C)c3c1c2[C@@H](NC(=O)NCCOCNC(=O)CNC(=O)C(Cc1ccccc1)NC(=O)CNC(=O)CNC(=O)CCOCCN1C(=O)C=CC1=O)CC3. The van der Waals surface area contributed by atoms with Gasteiger partial charge in [0.15, 0.2) is 5.60 Å². The maximum absolute atomic E-state index is 15.3. The van der Waals surface area contributed by atoms with Gasteiger partial charge < -0.3 is 61.1 Å². The minimum atomic E-state index is -2.04. The number of amides is 9. The van der Waals surface area contributed by atoms with Gasteiger partial charge in [-0.2, -0.15) is 0 Å². The van der Waals surface area contributed by atoms with Gasteiger partial charge in [0.2, 0.25) is 29.5 Å². The van der Waals surface area contributed by atoms with E-state index in [2.05, 4.69) is 37.2 Å². The molecule has 8 N–H and O–H groups in total. The molecule has 77 heavy (non-hydrogen) atoms. The van der Waals surface area contributed by atoms with E-state index < -0.39 is 102 Å². The monoisotopic (exact) mass is 1060 g/mol. The van der Waals surface area contributed by atoms with Crippen molar-refractivity contribution in [3.63, 3.8) is 0 Å². The van der Waals surface area contributed by atoms with Gasteiger partial charge in [-0.3, -0.25) is 43.3 Å². The lowest BCUT2D eigenvalue weighted by Crippen LogP contribution is -2.52. The van der Waals surface area contributed by atoms with Gasteiger partial charge >= 0.3 is 12.0 Å². The quantitative estimate of drug-likeness (QED) is 0.0174. The predicted molar refractivity (Wildman–Crippen MR) is 268 cm³/mol. The summed E-state index contributed by atoms with van der Waals surface area (Å²) in [5, 5.41) is 30.1. The summed E-state index contributed by atoms with van der Waals surface area (Å²) in [5.74, 6) is -5.47. The number of ether oxygens (including phenoxy) is 3. The Kier molecular flexibility index (Phi) is 17.1. The molecule has 0 spiro atoms. The largest absolute Gasteiger partial charge is 0.458 e. The molecule has 4 aromatic rings. The van der Waals surface area contributed by atoms with Crippen molar-refractivity contribution in [1.29, 1.82) is 0 Å². The molecule has 0 fully saturated rings. The lowest BCUT2D eigenvalue weighted by Gasteiger charge is -2.31. The fourth-order valence-electron chi connectivity index (χ4n) is 9.59. The number of nitrogens with one attached hydrogen (secondary N) is 7. The number of carbonyl (C=O) groups is 9. The molecule has 0 saturated heterocycles. The number of carbonyl (C=O) groups excluding carboxylic acids is 9. The standard InChI is InChI=1S/C52H57FN10O14/c1-3-52(74)33-20-38-47-31(25-63(38)49(71)32(33)26-77-50(52)72)46-35(10-9-30-28(2)34(53)21-36(60-47)45(30)46)61-51(73)54-14-17-76-27-58-41(66)23-57-48(70)37(19-29-7-5-4-6-8-29)59-42(67)24-56-40(65)22-55-39(64)13-16-75-18-15-62-43(68)11-12-44(62)69/h4-8,11-12,20-21,35,37,74H,3,9-10,13-19,22-27H2,1-2H3,(H,55,64)(H,56,65)(H,57,70)(H,58,66)(H,59,67)(H2,54,61,73)/t35-,37?,52-/m0/s1. The summed E-state index contributed by atoms with van der Waals surface area (Å²) in [6.45, 7) is 1.30. The number of aryl methyl sites for hydroxylation is 1. The topological polar surface area (TPSA) is 324 Å². The molecule has 5 heterocycles. The highest BCUT2D eigenvalue weighted by molar-refractivity contribution is 6.12. The molecule has 1 aliphatic carbocycles. The van der Waals surface area contributed by atoms with Gasteiger partial charge in [0.05, 0.1) is 81.1 Å². The maximum Gasteiger partial charge on any atom is 0.343 e. The van der Waals surface area contributed by atoms with Crippen LogP contribution in [0.2, 0.25) is 0 Å². The third kappa shape index (κ3) is 12.3. The number of hydrogen-bond donors (Lipinski definition) is 8. The zero-order valence-electron chi connectivity index (χ0n) is 42.1. The Hall–Kier alpha value is -8.42. The van der Waals surface area contributed by atoms with E-state index in [0.29, 0.717) is 57.4 Å². The summed E-state index contributed by atoms with van der Waals surface area (Å²) >= 11 is 0. The third-order valence-electron chi connectivity index (χ3n) is 13.7. The van der Waals surface area contributed by atoms with E-state index in [-0.39, 0.29) is 83.2 Å². The molecule has 25 heteroatoms. The average molecular weight is 1070 g/mol. The summed E-state index contributed by atoms with van der Waals surface area (Å²) in [6.07, 6.45) is 3.01. The molecule has 0 saturated carbocycles. The van der Waals surface area contributed by atoms with Crippen molar-refractivity contribution in [1.82, 2.24) is 51.7 Å². The van der Waals surface area contributed by atoms with E-state index in [1.54, 1.807) is 50.2 Å². The number of halogens is 1. The Morgan fingerprint density at radius 3 is 2.32 bits per heavy atom. The highest BCUT2D eigenvalue weighted by Gasteiger charge is 2.46. The highest BCUT2D eigenvalue weighted by Crippen LogP contribution is 2.46. The van der Waals surface area contributed by atoms with Gasteiger partial charge in [0, 0.05) is 54.1 Å². The molecule has 2 aromatic carbocycles. The van der Waals surface area contributed by atoms with Crippen molar-refractivity contribution in [3.05, 3.63) is 110 Å². The van der Waals surface area contributed by atoms with Crippen LogP contribution in [0.1, 0.15) is 71.2 Å². The average Bonchev–Trinajstić information content (AvgIpc) is 4.10. The number of urea groups is 1. The first-order valence-electron chi connectivity index (χ1n) is 24.9. The van der Waals surface area contributed by atoms with Crippen LogP contribution in [0.15, 0.2) is 59.4 Å². The first-order valence-corrected chi connectivity index (χ1v) is 24.9. The molecule has 4 aliphatic rings. The molecule has 8 rings (SSSR count). The number of esters is 1. The zero-order chi connectivity index (χ0) is 55.0. The van der Waals surface area contributed by atoms with Gasteiger partial charge in [0.1, 0.15) is 25.2 Å². The van der Waals surface area contributed by atoms with Crippen LogP contribution in [-0.4, -0.2) is 138 Å². The molecule has 9 amide bonds. The number of hydrogen-bond acceptors (Lipinski definition) is 15. The fraction of sp³-hybridized carbons (Fsp3) is 0.404. The zero-order valence-corrected chi connectivity index (χ0v) is 42.1. The number of fused-ring (bicyclic) bond motifs is 5. The van der Waals surface area contributed by atoms with Crippen LogP contribution in [0, 0.1) is 12.7 Å². The van der Waals surface area contributed by atoms with Crippen LogP contribution in [0.4, 0.5) is 9.18 Å². The van der Waals surface area contributed by atoms with Gasteiger partial charge in [-0.15, -0.1) is 0 Å². The van der Waals surface area contributed by atoms with E-state index in [4.69, 9.17) is 19.2 Å². The van der Waals surface area contributed by atoms with Crippen molar-refractivity contribution in [2.75, 3.05) is 59.3 Å². The smallest absolute Gasteiger partial charge is 0.343 e. The molecule has 406 valence electrons. The molecule has 2 aromatic heterocycles. The van der Waals surface area contributed by atoms with Crippen LogP contribution in [0.5, 0.6) is 0 Å². The van der Waals surface area contributed by atoms with E-state index in [9.17, 15) is 53.1 Å². The normalized spacial score (nSPS) is 17.2. The van der Waals surface area contributed by atoms with Crippen LogP contribution in [0.25, 0.3) is 22.3 Å². The Labute approximate surface area is 438 Å². The molecule has 1 unspecified atom stereocenters.